The van der Waals surface area contributed by atoms with Crippen LogP contribution >= 0.6 is 0 Å². The lowest BCUT2D eigenvalue weighted by molar-refractivity contribution is -0.127. The van der Waals surface area contributed by atoms with Gasteiger partial charge in [-0.25, -0.2) is 19.9 Å². The number of nitrogens with zero attached hydrogens (tertiary/aromatic N) is 8. The summed E-state index contributed by atoms with van der Waals surface area (Å²) in [6.07, 6.45) is 11.0. The van der Waals surface area contributed by atoms with Crippen LogP contribution < -0.4 is 15.1 Å². The molecule has 0 radical (unpaired) electrons. The number of likely N-dealkylation sites (tertiary alicyclic amines) is 1. The van der Waals surface area contributed by atoms with E-state index in [4.69, 9.17) is 14.7 Å². The maximum Gasteiger partial charge on any atom is 0.246 e. The molecule has 2 unspecified atom stereocenters. The molecular formula is C32H38N10O2. The number of amides is 1. The zero-order chi connectivity index (χ0) is 30.0. The molecule has 3 saturated heterocycles. The van der Waals surface area contributed by atoms with Crippen LogP contribution in [0.3, 0.4) is 0 Å². The zero-order valence-electron chi connectivity index (χ0n) is 25.2. The molecule has 3 aliphatic rings. The zero-order valence-corrected chi connectivity index (χ0v) is 25.2. The van der Waals surface area contributed by atoms with Gasteiger partial charge in [0.2, 0.25) is 11.9 Å². The molecule has 0 saturated carbocycles. The minimum Gasteiger partial charge on any atom is -0.378 e. The Hall–Kier alpha value is -4.55. The highest BCUT2D eigenvalue weighted by Gasteiger charge is 2.42. The minimum absolute atomic E-state index is 0.0887. The van der Waals surface area contributed by atoms with Gasteiger partial charge in [0.15, 0.2) is 0 Å². The number of rotatable bonds is 8. The normalized spacial score (nSPS) is 20.3. The van der Waals surface area contributed by atoms with Crippen molar-refractivity contribution in [1.29, 1.82) is 0 Å². The highest BCUT2D eigenvalue weighted by molar-refractivity contribution is 5.92. The molecule has 0 aliphatic carbocycles. The topological polar surface area (TPSA) is 119 Å². The Morgan fingerprint density at radius 2 is 1.75 bits per heavy atom. The summed E-state index contributed by atoms with van der Waals surface area (Å²) in [6, 6.07) is 10.9. The summed E-state index contributed by atoms with van der Waals surface area (Å²) in [6.45, 7) is 5.23. The number of aromatic amines is 1. The Morgan fingerprint density at radius 3 is 2.45 bits per heavy atom. The van der Waals surface area contributed by atoms with Gasteiger partial charge < -0.3 is 34.6 Å². The summed E-state index contributed by atoms with van der Waals surface area (Å²) in [5.41, 5.74) is 4.66. The second-order valence-electron chi connectivity index (χ2n) is 11.9. The number of piperazine rings is 1. The van der Waals surface area contributed by atoms with Crippen LogP contribution in [0.1, 0.15) is 12.8 Å². The number of likely N-dealkylation sites (N-methyl/N-ethyl adjacent to an activating group) is 1. The van der Waals surface area contributed by atoms with Crippen molar-refractivity contribution in [2.75, 3.05) is 75.1 Å². The highest BCUT2D eigenvalue weighted by atomic mass is 16.5. The van der Waals surface area contributed by atoms with E-state index in [9.17, 15) is 4.79 Å². The second-order valence-corrected chi connectivity index (χ2v) is 11.9. The summed E-state index contributed by atoms with van der Waals surface area (Å²) in [7, 11) is 3.99. The van der Waals surface area contributed by atoms with E-state index in [2.05, 4.69) is 48.3 Å². The summed E-state index contributed by atoms with van der Waals surface area (Å²) < 4.78 is 5.51. The molecule has 2 atom stereocenters. The fourth-order valence-electron chi connectivity index (χ4n) is 6.41. The average molecular weight is 595 g/mol. The van der Waals surface area contributed by atoms with Crippen LogP contribution in [-0.2, 0) is 9.53 Å². The molecule has 7 rings (SSSR count). The third-order valence-electron chi connectivity index (χ3n) is 8.59. The Bertz CT molecular complexity index is 1620. The van der Waals surface area contributed by atoms with Gasteiger partial charge in [-0.2, -0.15) is 0 Å². The molecule has 0 spiro atoms. The number of carbonyl (C=O) groups excluding carboxylic acids is 1. The van der Waals surface area contributed by atoms with Gasteiger partial charge in [-0.1, -0.05) is 18.2 Å². The number of fused-ring (bicyclic) bond motifs is 3. The van der Waals surface area contributed by atoms with E-state index in [1.165, 1.54) is 0 Å². The van der Waals surface area contributed by atoms with Crippen molar-refractivity contribution in [2.24, 2.45) is 0 Å². The third kappa shape index (κ3) is 5.82. The Balaban J connectivity index is 0.991. The van der Waals surface area contributed by atoms with E-state index < -0.39 is 0 Å². The van der Waals surface area contributed by atoms with Crippen LogP contribution in [-0.4, -0.2) is 113 Å². The van der Waals surface area contributed by atoms with Gasteiger partial charge in [-0.05, 0) is 50.7 Å². The van der Waals surface area contributed by atoms with E-state index in [0.717, 1.165) is 77.9 Å². The number of ether oxygens (including phenoxy) is 1. The van der Waals surface area contributed by atoms with Crippen LogP contribution in [0.15, 0.2) is 61.2 Å². The molecular weight excluding hydrogens is 556 g/mol. The summed E-state index contributed by atoms with van der Waals surface area (Å²) in [5, 5.41) is 4.44. The summed E-state index contributed by atoms with van der Waals surface area (Å²) in [4.78, 5) is 43.2. The quantitative estimate of drug-likeness (QED) is 0.294. The first-order valence-electron chi connectivity index (χ1n) is 15.3. The molecule has 12 heteroatoms. The molecule has 3 aromatic heterocycles. The number of benzene rings is 1. The maximum atomic E-state index is 12.7. The highest BCUT2D eigenvalue weighted by Crippen LogP contribution is 2.34. The smallest absolute Gasteiger partial charge is 0.246 e. The number of aromatic nitrogens is 5. The van der Waals surface area contributed by atoms with Gasteiger partial charge in [-0.15, -0.1) is 0 Å². The first kappa shape index (κ1) is 28.2. The molecule has 2 N–H and O–H groups in total. The molecule has 228 valence electrons. The Labute approximate surface area is 256 Å². The number of hydrogen-bond donors (Lipinski definition) is 2. The fraction of sp³-hybridized carbons (Fsp3) is 0.406. The lowest BCUT2D eigenvalue weighted by atomic mass is 10.1. The number of carbonyl (C=O) groups is 1. The number of anilines is 4. The van der Waals surface area contributed by atoms with Gasteiger partial charge in [0.1, 0.15) is 17.8 Å². The molecule has 1 aromatic carbocycles. The van der Waals surface area contributed by atoms with Crippen molar-refractivity contribution in [3.05, 3.63) is 61.2 Å². The van der Waals surface area contributed by atoms with Crippen LogP contribution in [0.2, 0.25) is 0 Å². The molecule has 3 aliphatic heterocycles. The lowest BCUT2D eigenvalue weighted by Gasteiger charge is -2.40. The van der Waals surface area contributed by atoms with Crippen molar-refractivity contribution >= 4 is 40.1 Å². The van der Waals surface area contributed by atoms with E-state index in [-0.39, 0.29) is 18.0 Å². The Kier molecular flexibility index (Phi) is 7.84. The fourth-order valence-corrected chi connectivity index (χ4v) is 6.41. The lowest BCUT2D eigenvalue weighted by Crippen LogP contribution is -2.55. The SMILES string of the molecule is CN(C)C/C=C/C(=O)N1CC2CCC(C1)N2c1ncc(Nc2ccc(-c3cc4c(N5CCOCC5)ncnc4[nH]3)cc2)cn1. The van der Waals surface area contributed by atoms with Crippen LogP contribution in [0.5, 0.6) is 0 Å². The largest absolute Gasteiger partial charge is 0.378 e. The summed E-state index contributed by atoms with van der Waals surface area (Å²) in [5.74, 6) is 1.76. The van der Waals surface area contributed by atoms with E-state index in [0.29, 0.717) is 26.3 Å². The van der Waals surface area contributed by atoms with Crippen LogP contribution in [0, 0.1) is 0 Å². The molecule has 12 nitrogen and oxygen atoms in total. The molecule has 4 aromatic rings. The predicted molar refractivity (Wildman–Crippen MR) is 171 cm³/mol. The molecule has 3 fully saturated rings. The molecule has 2 bridgehead atoms. The standard InChI is InChI=1S/C32H38N10O2/c1-39(2)11-3-4-29(43)41-19-25-9-10-26(20-41)42(25)32-33-17-24(18-34-32)37-23-7-5-22(6-8-23)28-16-27-30(38-28)35-21-36-31(27)40-12-14-44-15-13-40/h3-8,16-18,21,25-26,37H,9-15,19-20H2,1-2H3,(H,35,36,38)/b4-3+. The summed E-state index contributed by atoms with van der Waals surface area (Å²) >= 11 is 0. The van der Waals surface area contributed by atoms with Gasteiger partial charge >= 0.3 is 0 Å². The number of morpholine rings is 1. The van der Waals surface area contributed by atoms with Crippen molar-refractivity contribution in [1.82, 2.24) is 34.7 Å². The van der Waals surface area contributed by atoms with Gasteiger partial charge in [0.05, 0.1) is 36.7 Å². The monoisotopic (exact) mass is 594 g/mol. The minimum atomic E-state index is 0.0887. The van der Waals surface area contributed by atoms with Crippen molar-refractivity contribution < 1.29 is 9.53 Å². The van der Waals surface area contributed by atoms with E-state index in [1.807, 2.05) is 54.5 Å². The number of hydrogen-bond acceptors (Lipinski definition) is 10. The molecule has 1 amide bonds. The first-order chi connectivity index (χ1) is 21.5. The Morgan fingerprint density at radius 1 is 1.02 bits per heavy atom. The van der Waals surface area contributed by atoms with Crippen LogP contribution in [0.25, 0.3) is 22.3 Å². The molecule has 44 heavy (non-hydrogen) atoms. The number of H-pyrrole nitrogens is 1. The van der Waals surface area contributed by atoms with Crippen molar-refractivity contribution in [3.63, 3.8) is 0 Å². The average Bonchev–Trinajstić information content (AvgIpc) is 3.60. The maximum absolute atomic E-state index is 12.7. The first-order valence-corrected chi connectivity index (χ1v) is 15.3. The van der Waals surface area contributed by atoms with Crippen molar-refractivity contribution in [3.8, 4) is 11.3 Å². The van der Waals surface area contributed by atoms with E-state index >= 15 is 0 Å². The van der Waals surface area contributed by atoms with Gasteiger partial charge in [-0.3, -0.25) is 4.79 Å². The van der Waals surface area contributed by atoms with E-state index in [1.54, 1.807) is 12.4 Å². The molecule has 6 heterocycles. The second kappa shape index (κ2) is 12.2. The predicted octanol–water partition coefficient (Wildman–Crippen LogP) is 3.29. The van der Waals surface area contributed by atoms with Gasteiger partial charge in [0, 0.05) is 62.3 Å². The van der Waals surface area contributed by atoms with Gasteiger partial charge in [0.25, 0.3) is 0 Å². The van der Waals surface area contributed by atoms with Crippen molar-refractivity contribution in [2.45, 2.75) is 24.9 Å². The van der Waals surface area contributed by atoms with Crippen LogP contribution in [0.4, 0.5) is 23.1 Å². The third-order valence-corrected chi connectivity index (χ3v) is 8.59. The number of nitrogens with one attached hydrogen (secondary N) is 2.